The number of rotatable bonds is 9. The molecule has 5 rings (SSSR count). The van der Waals surface area contributed by atoms with E-state index in [9.17, 15) is 14.7 Å². The monoisotopic (exact) mass is 530 g/mol. The molecule has 0 radical (unpaired) electrons. The Labute approximate surface area is 225 Å². The lowest BCUT2D eigenvalue weighted by Crippen LogP contribution is -2.44. The van der Waals surface area contributed by atoms with Gasteiger partial charge in [0.05, 0.1) is 27.4 Å². The second-order valence-corrected chi connectivity index (χ2v) is 9.27. The van der Waals surface area contributed by atoms with Gasteiger partial charge in [-0.1, -0.05) is 54.6 Å². The first-order valence-corrected chi connectivity index (χ1v) is 12.6. The largest absolute Gasteiger partial charge is 0.497 e. The number of hydrogen-bond donors (Lipinski definition) is 2. The van der Waals surface area contributed by atoms with Gasteiger partial charge in [0.1, 0.15) is 23.2 Å². The quantitative estimate of drug-likeness (QED) is 0.320. The number of aromatic nitrogens is 2. The van der Waals surface area contributed by atoms with E-state index < -0.39 is 35.1 Å². The predicted octanol–water partition coefficient (Wildman–Crippen LogP) is 3.07. The summed E-state index contributed by atoms with van der Waals surface area (Å²) in [5, 5.41) is 10.3. The lowest BCUT2D eigenvalue weighted by molar-refractivity contribution is -0.115. The number of aliphatic hydroxyl groups is 1. The standard InChI is InChI=1S/C30H30N2O7/c1-36-24-12-8-22(9-13-24)30(21-6-4-3-5-7-21,23-10-14-25(37-2)15-11-23)39-27-20(18-33)19-38-28(27)32-17-16-26(34)31-29(32)35/h3-17,20,27-28,33H,18-19H2,1-2H3,(H,31,34,35)/t20-,27+,28+/m0/s1. The number of nitrogens with one attached hydrogen (secondary N) is 1. The van der Waals surface area contributed by atoms with E-state index in [4.69, 9.17) is 18.9 Å². The zero-order chi connectivity index (χ0) is 27.4. The molecule has 3 aromatic carbocycles. The second-order valence-electron chi connectivity index (χ2n) is 9.27. The van der Waals surface area contributed by atoms with E-state index in [-0.39, 0.29) is 13.2 Å². The third-order valence-corrected chi connectivity index (χ3v) is 7.07. The van der Waals surface area contributed by atoms with Crippen LogP contribution in [0.1, 0.15) is 22.9 Å². The van der Waals surface area contributed by atoms with E-state index in [0.717, 1.165) is 16.7 Å². The van der Waals surface area contributed by atoms with Crippen molar-refractivity contribution < 1.29 is 24.1 Å². The van der Waals surface area contributed by atoms with Gasteiger partial charge in [0, 0.05) is 18.2 Å². The van der Waals surface area contributed by atoms with Crippen LogP contribution in [-0.2, 0) is 15.1 Å². The Morgan fingerprint density at radius 2 is 1.44 bits per heavy atom. The van der Waals surface area contributed by atoms with E-state index in [1.54, 1.807) is 14.2 Å². The molecule has 9 heteroatoms. The van der Waals surface area contributed by atoms with Gasteiger partial charge in [-0.3, -0.25) is 14.3 Å². The van der Waals surface area contributed by atoms with Crippen LogP contribution in [0.3, 0.4) is 0 Å². The topological polar surface area (TPSA) is 112 Å². The fraction of sp³-hybridized carbons (Fsp3) is 0.267. The van der Waals surface area contributed by atoms with Crippen molar-refractivity contribution >= 4 is 0 Å². The lowest BCUT2D eigenvalue weighted by atomic mass is 9.79. The number of ether oxygens (including phenoxy) is 4. The van der Waals surface area contributed by atoms with Gasteiger partial charge in [0.15, 0.2) is 6.23 Å². The van der Waals surface area contributed by atoms with Crippen molar-refractivity contribution in [2.24, 2.45) is 5.92 Å². The van der Waals surface area contributed by atoms with Gasteiger partial charge in [0.25, 0.3) is 5.56 Å². The molecule has 2 N–H and O–H groups in total. The van der Waals surface area contributed by atoms with E-state index in [1.165, 1.54) is 16.8 Å². The molecule has 0 spiro atoms. The first-order chi connectivity index (χ1) is 19.0. The Hall–Kier alpha value is -4.18. The summed E-state index contributed by atoms with van der Waals surface area (Å²) in [6.45, 7) is -0.0666. The third kappa shape index (κ3) is 4.99. The van der Waals surface area contributed by atoms with Gasteiger partial charge < -0.3 is 24.1 Å². The summed E-state index contributed by atoms with van der Waals surface area (Å²) >= 11 is 0. The molecule has 202 valence electrons. The molecule has 3 atom stereocenters. The van der Waals surface area contributed by atoms with E-state index in [0.29, 0.717) is 11.5 Å². The maximum atomic E-state index is 12.8. The van der Waals surface area contributed by atoms with Crippen LogP contribution in [0.2, 0.25) is 0 Å². The van der Waals surface area contributed by atoms with Crippen LogP contribution < -0.4 is 20.7 Å². The number of nitrogens with zero attached hydrogens (tertiary/aromatic N) is 1. The van der Waals surface area contributed by atoms with Gasteiger partial charge in [-0.2, -0.15) is 0 Å². The summed E-state index contributed by atoms with van der Waals surface area (Å²) in [6, 6.07) is 26.1. The molecule has 2 heterocycles. The zero-order valence-corrected chi connectivity index (χ0v) is 21.7. The van der Waals surface area contributed by atoms with Crippen molar-refractivity contribution in [1.29, 1.82) is 0 Å². The van der Waals surface area contributed by atoms with Crippen LogP contribution in [0.25, 0.3) is 0 Å². The highest BCUT2D eigenvalue weighted by molar-refractivity contribution is 5.50. The van der Waals surface area contributed by atoms with Crippen molar-refractivity contribution in [3.63, 3.8) is 0 Å². The number of H-pyrrole nitrogens is 1. The minimum Gasteiger partial charge on any atom is -0.497 e. The van der Waals surface area contributed by atoms with Crippen LogP contribution in [0.5, 0.6) is 11.5 Å². The molecule has 0 saturated carbocycles. The van der Waals surface area contributed by atoms with E-state index in [2.05, 4.69) is 4.98 Å². The summed E-state index contributed by atoms with van der Waals surface area (Å²) in [7, 11) is 3.21. The third-order valence-electron chi connectivity index (χ3n) is 7.07. The summed E-state index contributed by atoms with van der Waals surface area (Å²) in [6.07, 6.45) is -0.290. The van der Waals surface area contributed by atoms with Crippen LogP contribution >= 0.6 is 0 Å². The molecule has 0 amide bonds. The number of benzene rings is 3. The Bertz CT molecular complexity index is 1450. The smallest absolute Gasteiger partial charge is 0.330 e. The van der Waals surface area contributed by atoms with Gasteiger partial charge in [-0.15, -0.1) is 0 Å². The molecule has 1 aliphatic heterocycles. The number of methoxy groups -OCH3 is 2. The minimum atomic E-state index is -1.18. The highest BCUT2D eigenvalue weighted by atomic mass is 16.6. The molecule has 1 fully saturated rings. The molecular formula is C30H30N2O7. The summed E-state index contributed by atoms with van der Waals surface area (Å²) in [5.74, 6) is 0.921. The minimum absolute atomic E-state index is 0.160. The molecule has 1 aromatic heterocycles. The average molecular weight is 531 g/mol. The van der Waals surface area contributed by atoms with Crippen molar-refractivity contribution in [3.8, 4) is 11.5 Å². The molecule has 1 saturated heterocycles. The molecule has 39 heavy (non-hydrogen) atoms. The summed E-state index contributed by atoms with van der Waals surface area (Å²) in [4.78, 5) is 26.8. The molecule has 0 bridgehead atoms. The fourth-order valence-corrected chi connectivity index (χ4v) is 5.05. The van der Waals surface area contributed by atoms with Gasteiger partial charge in [-0.25, -0.2) is 4.79 Å². The molecule has 0 aliphatic carbocycles. The second kappa shape index (κ2) is 11.3. The Morgan fingerprint density at radius 1 is 0.872 bits per heavy atom. The van der Waals surface area contributed by atoms with Crippen LogP contribution in [0, 0.1) is 5.92 Å². The molecular weight excluding hydrogens is 500 g/mol. The van der Waals surface area contributed by atoms with Gasteiger partial charge in [-0.05, 0) is 41.0 Å². The Morgan fingerprint density at radius 3 is 1.95 bits per heavy atom. The van der Waals surface area contributed by atoms with E-state index >= 15 is 0 Å². The number of hydrogen-bond acceptors (Lipinski definition) is 7. The zero-order valence-electron chi connectivity index (χ0n) is 21.7. The summed E-state index contributed by atoms with van der Waals surface area (Å²) in [5.41, 5.74) is 0.109. The lowest BCUT2D eigenvalue weighted by Gasteiger charge is -2.40. The Kier molecular flexibility index (Phi) is 7.65. The molecule has 0 unspecified atom stereocenters. The fourth-order valence-electron chi connectivity index (χ4n) is 5.05. The van der Waals surface area contributed by atoms with Crippen molar-refractivity contribution in [2.75, 3.05) is 27.4 Å². The first kappa shape index (κ1) is 26.4. The SMILES string of the molecule is COc1ccc(C(O[C@@H]2[C@@H](CO)CO[C@H]2n2ccc(=O)[nH]c2=O)(c2ccccc2)c2ccc(OC)cc2)cc1. The summed E-state index contributed by atoms with van der Waals surface area (Å²) < 4.78 is 25.3. The van der Waals surface area contributed by atoms with Gasteiger partial charge >= 0.3 is 5.69 Å². The van der Waals surface area contributed by atoms with E-state index in [1.807, 2.05) is 78.9 Å². The number of aromatic amines is 1. The molecule has 9 nitrogen and oxygen atoms in total. The predicted molar refractivity (Wildman–Crippen MR) is 144 cm³/mol. The average Bonchev–Trinajstić information content (AvgIpc) is 3.38. The Balaban J connectivity index is 1.73. The van der Waals surface area contributed by atoms with Crippen molar-refractivity contribution in [3.05, 3.63) is 129 Å². The molecule has 4 aromatic rings. The van der Waals surface area contributed by atoms with Gasteiger partial charge in [0.2, 0.25) is 0 Å². The van der Waals surface area contributed by atoms with Crippen LogP contribution in [0.15, 0.2) is 101 Å². The maximum Gasteiger partial charge on any atom is 0.330 e. The first-order valence-electron chi connectivity index (χ1n) is 12.6. The van der Waals surface area contributed by atoms with Crippen LogP contribution in [-0.4, -0.2) is 48.2 Å². The van der Waals surface area contributed by atoms with Crippen molar-refractivity contribution in [2.45, 2.75) is 17.9 Å². The molecule has 1 aliphatic rings. The maximum absolute atomic E-state index is 12.8. The van der Waals surface area contributed by atoms with Crippen molar-refractivity contribution in [1.82, 2.24) is 9.55 Å². The number of aliphatic hydroxyl groups excluding tert-OH is 1. The van der Waals surface area contributed by atoms with Crippen LogP contribution in [0.4, 0.5) is 0 Å². The highest BCUT2D eigenvalue weighted by Crippen LogP contribution is 2.46. The highest BCUT2D eigenvalue weighted by Gasteiger charge is 2.48. The normalized spacial score (nSPS) is 19.1.